The van der Waals surface area contributed by atoms with E-state index in [2.05, 4.69) is 20.6 Å². The number of aryl methyl sites for hydroxylation is 2. The van der Waals surface area contributed by atoms with Crippen LogP contribution in [0.3, 0.4) is 0 Å². The van der Waals surface area contributed by atoms with Crippen molar-refractivity contribution in [3.05, 3.63) is 47.8 Å². The molecular formula is C16H20N4O. The van der Waals surface area contributed by atoms with E-state index in [1.54, 1.807) is 12.4 Å². The van der Waals surface area contributed by atoms with Gasteiger partial charge in [0.2, 0.25) is 0 Å². The first-order chi connectivity index (χ1) is 10.1. The molecule has 5 heteroatoms. The standard InChI is InChI=1S/C16H20N4O/c1-11-5-3-9-17-14(11)19-16(8-7-13(16)21)20-15-12(2)6-4-10-18-15/h3-6,9-10,13,21H,7-8H2,1-2H3,(H,17,19)(H,18,20). The van der Waals surface area contributed by atoms with E-state index in [9.17, 15) is 5.11 Å². The molecule has 0 bridgehead atoms. The molecule has 0 aromatic carbocycles. The minimum absolute atomic E-state index is 0.472. The largest absolute Gasteiger partial charge is 0.389 e. The van der Waals surface area contributed by atoms with Crippen LogP contribution < -0.4 is 10.6 Å². The lowest BCUT2D eigenvalue weighted by molar-refractivity contribution is 0.0279. The highest BCUT2D eigenvalue weighted by atomic mass is 16.3. The summed E-state index contributed by atoms with van der Waals surface area (Å²) in [6, 6.07) is 7.81. The second kappa shape index (κ2) is 5.33. The van der Waals surface area contributed by atoms with Crippen LogP contribution in [0.5, 0.6) is 0 Å². The van der Waals surface area contributed by atoms with Crippen molar-refractivity contribution in [1.29, 1.82) is 0 Å². The summed E-state index contributed by atoms with van der Waals surface area (Å²) in [5, 5.41) is 17.0. The van der Waals surface area contributed by atoms with Crippen molar-refractivity contribution >= 4 is 11.6 Å². The number of pyridine rings is 2. The van der Waals surface area contributed by atoms with E-state index in [1.807, 2.05) is 38.1 Å². The molecule has 2 aromatic heterocycles. The first-order valence-electron chi connectivity index (χ1n) is 7.18. The molecule has 0 radical (unpaired) electrons. The molecule has 2 aromatic rings. The van der Waals surface area contributed by atoms with E-state index in [0.29, 0.717) is 0 Å². The zero-order valence-electron chi connectivity index (χ0n) is 12.3. The number of hydrogen-bond donors (Lipinski definition) is 3. The van der Waals surface area contributed by atoms with Gasteiger partial charge < -0.3 is 15.7 Å². The summed E-state index contributed by atoms with van der Waals surface area (Å²) < 4.78 is 0. The van der Waals surface area contributed by atoms with Crippen LogP contribution in [-0.2, 0) is 0 Å². The zero-order chi connectivity index (χ0) is 14.9. The Balaban J connectivity index is 1.87. The molecule has 2 heterocycles. The zero-order valence-corrected chi connectivity index (χ0v) is 12.3. The highest BCUT2D eigenvalue weighted by Crippen LogP contribution is 2.37. The smallest absolute Gasteiger partial charge is 0.137 e. The van der Waals surface area contributed by atoms with Gasteiger partial charge in [-0.3, -0.25) is 0 Å². The topological polar surface area (TPSA) is 70.1 Å². The number of nitrogens with zero attached hydrogens (tertiary/aromatic N) is 2. The number of anilines is 2. The summed E-state index contributed by atoms with van der Waals surface area (Å²) >= 11 is 0. The Morgan fingerprint density at radius 2 is 1.57 bits per heavy atom. The molecule has 5 nitrogen and oxygen atoms in total. The molecule has 3 rings (SSSR count). The van der Waals surface area contributed by atoms with Crippen LogP contribution in [0.15, 0.2) is 36.7 Å². The highest BCUT2D eigenvalue weighted by molar-refractivity contribution is 5.53. The molecule has 110 valence electrons. The second-order valence-corrected chi connectivity index (χ2v) is 5.61. The van der Waals surface area contributed by atoms with E-state index in [-0.39, 0.29) is 0 Å². The van der Waals surface area contributed by atoms with Crippen molar-refractivity contribution in [3.63, 3.8) is 0 Å². The molecule has 1 saturated carbocycles. The molecule has 0 amide bonds. The van der Waals surface area contributed by atoms with Crippen molar-refractivity contribution in [2.75, 3.05) is 10.6 Å². The minimum atomic E-state index is -0.599. The summed E-state index contributed by atoms with van der Waals surface area (Å²) in [4.78, 5) is 8.72. The molecule has 21 heavy (non-hydrogen) atoms. The van der Waals surface area contributed by atoms with Crippen LogP contribution in [0, 0.1) is 13.8 Å². The number of hydrogen-bond acceptors (Lipinski definition) is 5. The van der Waals surface area contributed by atoms with E-state index in [1.165, 1.54) is 0 Å². The predicted molar refractivity (Wildman–Crippen MR) is 83.2 cm³/mol. The highest BCUT2D eigenvalue weighted by Gasteiger charge is 2.47. The van der Waals surface area contributed by atoms with Crippen LogP contribution in [0.25, 0.3) is 0 Å². The van der Waals surface area contributed by atoms with Gasteiger partial charge in [-0.25, -0.2) is 9.97 Å². The maximum absolute atomic E-state index is 10.3. The van der Waals surface area contributed by atoms with Gasteiger partial charge in [0.25, 0.3) is 0 Å². The Morgan fingerprint density at radius 3 is 1.90 bits per heavy atom. The average Bonchev–Trinajstić information content (AvgIpc) is 2.49. The molecule has 1 aliphatic carbocycles. The molecule has 0 spiro atoms. The minimum Gasteiger partial charge on any atom is -0.389 e. The number of rotatable bonds is 4. The number of aromatic nitrogens is 2. The molecule has 1 atom stereocenters. The third kappa shape index (κ3) is 2.56. The Labute approximate surface area is 124 Å². The summed E-state index contributed by atoms with van der Waals surface area (Å²) in [5.74, 6) is 1.58. The molecule has 1 aliphatic rings. The van der Waals surface area contributed by atoms with Crippen molar-refractivity contribution in [3.8, 4) is 0 Å². The van der Waals surface area contributed by atoms with Crippen molar-refractivity contribution < 1.29 is 5.11 Å². The molecule has 3 N–H and O–H groups in total. The van der Waals surface area contributed by atoms with Crippen molar-refractivity contribution in [1.82, 2.24) is 9.97 Å². The number of aliphatic hydroxyl groups is 1. The van der Waals surface area contributed by atoms with Gasteiger partial charge >= 0.3 is 0 Å². The first kappa shape index (κ1) is 13.8. The van der Waals surface area contributed by atoms with E-state index in [4.69, 9.17) is 0 Å². The van der Waals surface area contributed by atoms with Crippen molar-refractivity contribution in [2.24, 2.45) is 0 Å². The third-order valence-electron chi connectivity index (χ3n) is 4.08. The van der Waals surface area contributed by atoms with E-state index in [0.717, 1.165) is 35.6 Å². The first-order valence-corrected chi connectivity index (χ1v) is 7.18. The Kier molecular flexibility index (Phi) is 3.51. The van der Waals surface area contributed by atoms with Crippen LogP contribution in [0.1, 0.15) is 24.0 Å². The summed E-state index contributed by atoms with van der Waals surface area (Å²) in [6.07, 6.45) is 4.61. The summed E-state index contributed by atoms with van der Waals surface area (Å²) in [5.41, 5.74) is 1.50. The third-order valence-corrected chi connectivity index (χ3v) is 4.08. The number of nitrogens with one attached hydrogen (secondary N) is 2. The van der Waals surface area contributed by atoms with Crippen LogP contribution >= 0.6 is 0 Å². The van der Waals surface area contributed by atoms with Gasteiger partial charge in [-0.2, -0.15) is 0 Å². The van der Waals surface area contributed by atoms with Crippen molar-refractivity contribution in [2.45, 2.75) is 38.5 Å². The summed E-state index contributed by atoms with van der Waals surface area (Å²) in [7, 11) is 0. The van der Waals surface area contributed by atoms with Gasteiger partial charge in [0, 0.05) is 12.4 Å². The maximum Gasteiger partial charge on any atom is 0.137 e. The van der Waals surface area contributed by atoms with Gasteiger partial charge in [-0.05, 0) is 49.9 Å². The quantitative estimate of drug-likeness (QED) is 0.752. The lowest BCUT2D eigenvalue weighted by Gasteiger charge is -2.48. The van der Waals surface area contributed by atoms with Gasteiger partial charge in [-0.1, -0.05) is 12.1 Å². The van der Waals surface area contributed by atoms with Crippen LogP contribution in [0.2, 0.25) is 0 Å². The molecule has 1 fully saturated rings. The van der Waals surface area contributed by atoms with E-state index >= 15 is 0 Å². The van der Waals surface area contributed by atoms with Crippen LogP contribution in [-0.4, -0.2) is 26.8 Å². The Morgan fingerprint density at radius 1 is 1.05 bits per heavy atom. The van der Waals surface area contributed by atoms with Gasteiger partial charge in [0.05, 0.1) is 6.10 Å². The fourth-order valence-electron chi connectivity index (χ4n) is 2.54. The van der Waals surface area contributed by atoms with Gasteiger partial charge in [0.1, 0.15) is 17.3 Å². The Bertz CT molecular complexity index is 596. The lowest BCUT2D eigenvalue weighted by atomic mass is 9.81. The second-order valence-electron chi connectivity index (χ2n) is 5.61. The summed E-state index contributed by atoms with van der Waals surface area (Å²) in [6.45, 7) is 4.00. The molecular weight excluding hydrogens is 264 g/mol. The molecule has 1 unspecified atom stereocenters. The maximum atomic E-state index is 10.3. The lowest BCUT2D eigenvalue weighted by Crippen LogP contribution is -2.63. The SMILES string of the molecule is Cc1cccnc1NC1(Nc2ncccc2C)CCC1O. The Hall–Kier alpha value is -2.14. The van der Waals surface area contributed by atoms with Gasteiger partial charge in [0.15, 0.2) is 0 Å². The fourth-order valence-corrected chi connectivity index (χ4v) is 2.54. The van der Waals surface area contributed by atoms with E-state index < -0.39 is 11.8 Å². The van der Waals surface area contributed by atoms with Gasteiger partial charge in [-0.15, -0.1) is 0 Å². The predicted octanol–water partition coefficient (Wildman–Crippen LogP) is 2.47. The number of aliphatic hydroxyl groups excluding tert-OH is 1. The monoisotopic (exact) mass is 284 g/mol. The van der Waals surface area contributed by atoms with Crippen LogP contribution in [0.4, 0.5) is 11.6 Å². The average molecular weight is 284 g/mol. The molecule has 0 saturated heterocycles. The molecule has 0 aliphatic heterocycles. The normalized spacial score (nSPS) is 19.7. The fraction of sp³-hybridized carbons (Fsp3) is 0.375.